The van der Waals surface area contributed by atoms with E-state index in [1.165, 1.54) is 26.8 Å². The monoisotopic (exact) mass is 344 g/mol. The minimum absolute atomic E-state index is 0.0615. The summed E-state index contributed by atoms with van der Waals surface area (Å²) in [6.07, 6.45) is -0.413. The molecule has 0 aromatic heterocycles. The maximum Gasteiger partial charge on any atom is 0.331 e. The van der Waals surface area contributed by atoms with Gasteiger partial charge in [-0.15, -0.1) is 11.8 Å². The van der Waals surface area contributed by atoms with Gasteiger partial charge in [-0.05, 0) is 0 Å². The van der Waals surface area contributed by atoms with Crippen molar-refractivity contribution in [2.75, 3.05) is 6.61 Å². The summed E-state index contributed by atoms with van der Waals surface area (Å²) in [5.74, 6) is -2.19. The molecule has 0 N–H and O–H groups in total. The molecule has 4 atom stereocenters. The van der Waals surface area contributed by atoms with Gasteiger partial charge in [0.2, 0.25) is 0 Å². The third kappa shape index (κ3) is 4.25. The van der Waals surface area contributed by atoms with Crippen LogP contribution in [0.4, 0.5) is 0 Å². The molecular weight excluding hydrogens is 328 g/mol. The van der Waals surface area contributed by atoms with Gasteiger partial charge in [0.05, 0.1) is 5.25 Å². The zero-order valence-corrected chi connectivity index (χ0v) is 13.6. The quantitative estimate of drug-likeness (QED) is 0.527. The van der Waals surface area contributed by atoms with Gasteiger partial charge in [-0.25, -0.2) is 4.79 Å². The van der Waals surface area contributed by atoms with E-state index in [1.54, 1.807) is 0 Å². The van der Waals surface area contributed by atoms with Crippen molar-refractivity contribution in [1.29, 1.82) is 0 Å². The van der Waals surface area contributed by atoms with Gasteiger partial charge in [-0.2, -0.15) is 0 Å². The van der Waals surface area contributed by atoms with Crippen LogP contribution in [0.3, 0.4) is 0 Å². The molecule has 8 nitrogen and oxygen atoms in total. The lowest BCUT2D eigenvalue weighted by molar-refractivity contribution is -0.155. The minimum atomic E-state index is -0.825. The van der Waals surface area contributed by atoms with Crippen LogP contribution in [0.1, 0.15) is 20.8 Å². The van der Waals surface area contributed by atoms with Gasteiger partial charge in [-0.3, -0.25) is 14.4 Å². The first-order chi connectivity index (χ1) is 10.8. The van der Waals surface area contributed by atoms with Crippen LogP contribution in [0, 0.1) is 0 Å². The van der Waals surface area contributed by atoms with E-state index in [0.717, 1.165) is 11.8 Å². The fourth-order valence-electron chi connectivity index (χ4n) is 2.33. The number of hydrogen-bond donors (Lipinski definition) is 0. The van der Waals surface area contributed by atoms with Gasteiger partial charge in [0.25, 0.3) is 0 Å². The molecule has 2 aliphatic heterocycles. The first kappa shape index (κ1) is 17.3. The molecule has 0 amide bonds. The second-order valence-electron chi connectivity index (χ2n) is 4.99. The Hall–Kier alpha value is -2.03. The molecule has 0 aliphatic carbocycles. The Labute approximate surface area is 136 Å². The van der Waals surface area contributed by atoms with Crippen LogP contribution in [-0.2, 0) is 38.1 Å². The van der Waals surface area contributed by atoms with Crippen molar-refractivity contribution in [2.45, 2.75) is 43.7 Å². The summed E-state index contributed by atoms with van der Waals surface area (Å²) in [5, 5.41) is -0.524. The highest BCUT2D eigenvalue weighted by atomic mass is 32.2. The third-order valence-electron chi connectivity index (χ3n) is 3.10. The van der Waals surface area contributed by atoms with Crippen LogP contribution >= 0.6 is 11.8 Å². The lowest BCUT2D eigenvalue weighted by Gasteiger charge is -2.38. The lowest BCUT2D eigenvalue weighted by atomic mass is 10.0. The maximum absolute atomic E-state index is 11.6. The molecular formula is C14H16O8S. The summed E-state index contributed by atoms with van der Waals surface area (Å²) >= 11 is 1.11. The number of rotatable bonds is 4. The summed E-state index contributed by atoms with van der Waals surface area (Å²) in [7, 11) is 0. The molecule has 0 spiro atoms. The predicted octanol–water partition coefficient (Wildman–Crippen LogP) is 0.338. The van der Waals surface area contributed by atoms with Crippen molar-refractivity contribution in [3.05, 3.63) is 11.6 Å². The van der Waals surface area contributed by atoms with Crippen molar-refractivity contribution in [1.82, 2.24) is 0 Å². The summed E-state index contributed by atoms with van der Waals surface area (Å²) < 4.78 is 20.5. The molecule has 0 aromatic carbocycles. The second kappa shape index (κ2) is 7.03. The lowest BCUT2D eigenvalue weighted by Crippen LogP contribution is -2.47. The van der Waals surface area contributed by atoms with Gasteiger partial charge in [0.1, 0.15) is 12.7 Å². The van der Waals surface area contributed by atoms with E-state index in [-0.39, 0.29) is 6.61 Å². The molecule has 2 aliphatic rings. The highest BCUT2D eigenvalue weighted by Gasteiger charge is 2.50. The van der Waals surface area contributed by atoms with E-state index < -0.39 is 46.8 Å². The van der Waals surface area contributed by atoms with Crippen LogP contribution < -0.4 is 0 Å². The molecule has 1 saturated heterocycles. The number of ether oxygens (including phenoxy) is 4. The molecule has 0 radical (unpaired) electrons. The van der Waals surface area contributed by atoms with Gasteiger partial charge < -0.3 is 18.9 Å². The fourth-order valence-corrected chi connectivity index (χ4v) is 3.73. The number of esters is 4. The number of fused-ring (bicyclic) bond motifs is 1. The van der Waals surface area contributed by atoms with Crippen LogP contribution in [0.15, 0.2) is 11.6 Å². The SMILES string of the molecule is CC(=O)OC[C@@H]1SC(OC(C)=O)[C@@H]2OC(=O)C=C2[C@@H]1OC(C)=O. The maximum atomic E-state index is 11.6. The van der Waals surface area contributed by atoms with Crippen molar-refractivity contribution in [2.24, 2.45) is 0 Å². The molecule has 2 heterocycles. The summed E-state index contributed by atoms with van der Waals surface area (Å²) in [5.41, 5.74) is -0.398. The van der Waals surface area contributed by atoms with Crippen molar-refractivity contribution >= 4 is 35.6 Å². The number of thioether (sulfide) groups is 1. The van der Waals surface area contributed by atoms with Crippen molar-refractivity contribution < 1.29 is 38.1 Å². The van der Waals surface area contributed by atoms with Gasteiger partial charge in [0.15, 0.2) is 11.5 Å². The van der Waals surface area contributed by atoms with E-state index in [0.29, 0.717) is 5.57 Å². The summed E-state index contributed by atoms with van der Waals surface area (Å²) in [6, 6.07) is 0. The molecule has 1 fully saturated rings. The highest BCUT2D eigenvalue weighted by molar-refractivity contribution is 8.00. The number of carbonyl (C=O) groups excluding carboxylic acids is 4. The Morgan fingerprint density at radius 3 is 2.35 bits per heavy atom. The van der Waals surface area contributed by atoms with Crippen molar-refractivity contribution in [3.63, 3.8) is 0 Å². The average Bonchev–Trinajstić information content (AvgIpc) is 2.80. The molecule has 9 heteroatoms. The van der Waals surface area contributed by atoms with E-state index in [1.807, 2.05) is 0 Å². The molecule has 0 aromatic rings. The van der Waals surface area contributed by atoms with Crippen LogP contribution in [0.5, 0.6) is 0 Å². The van der Waals surface area contributed by atoms with Crippen LogP contribution in [0.25, 0.3) is 0 Å². The van der Waals surface area contributed by atoms with E-state index in [4.69, 9.17) is 18.9 Å². The largest absolute Gasteiger partial charge is 0.465 e. The van der Waals surface area contributed by atoms with E-state index in [2.05, 4.69) is 0 Å². The topological polar surface area (TPSA) is 105 Å². The minimum Gasteiger partial charge on any atom is -0.465 e. The zero-order valence-electron chi connectivity index (χ0n) is 12.8. The van der Waals surface area contributed by atoms with Crippen molar-refractivity contribution in [3.8, 4) is 0 Å². The molecule has 23 heavy (non-hydrogen) atoms. The van der Waals surface area contributed by atoms with Crippen LogP contribution in [-0.4, -0.2) is 53.4 Å². The number of carbonyl (C=O) groups is 4. The first-order valence-electron chi connectivity index (χ1n) is 6.83. The average molecular weight is 344 g/mol. The normalized spacial score (nSPS) is 29.0. The number of hydrogen-bond acceptors (Lipinski definition) is 9. The first-order valence-corrected chi connectivity index (χ1v) is 7.77. The Bertz CT molecular complexity index is 569. The second-order valence-corrected chi connectivity index (χ2v) is 6.33. The van der Waals surface area contributed by atoms with Crippen LogP contribution in [0.2, 0.25) is 0 Å². The third-order valence-corrected chi connectivity index (χ3v) is 4.45. The highest BCUT2D eigenvalue weighted by Crippen LogP contribution is 2.42. The Balaban J connectivity index is 2.27. The fraction of sp³-hybridized carbons (Fsp3) is 0.571. The Morgan fingerprint density at radius 1 is 1.13 bits per heavy atom. The van der Waals surface area contributed by atoms with Gasteiger partial charge >= 0.3 is 23.9 Å². The Kier molecular flexibility index (Phi) is 5.30. The molecule has 2 rings (SSSR count). The van der Waals surface area contributed by atoms with E-state index >= 15 is 0 Å². The summed E-state index contributed by atoms with van der Waals surface area (Å²) in [4.78, 5) is 45.2. The molecule has 1 unspecified atom stereocenters. The smallest absolute Gasteiger partial charge is 0.331 e. The molecule has 126 valence electrons. The van der Waals surface area contributed by atoms with Gasteiger partial charge in [0, 0.05) is 32.4 Å². The molecule has 0 bridgehead atoms. The van der Waals surface area contributed by atoms with E-state index in [9.17, 15) is 19.2 Å². The zero-order chi connectivity index (χ0) is 17.1. The summed E-state index contributed by atoms with van der Waals surface area (Å²) in [6.45, 7) is 3.66. The standard InChI is InChI=1S/C14H16O8S/c1-6(15)19-5-10-12(20-7(2)16)9-4-11(18)22-13(9)14(23-10)21-8(3)17/h4,10,12-14H,5H2,1-3H3/t10-,12-,13+,14?/m0/s1. The Morgan fingerprint density at radius 2 is 1.78 bits per heavy atom. The van der Waals surface area contributed by atoms with Gasteiger partial charge in [-0.1, -0.05) is 0 Å². The predicted molar refractivity (Wildman–Crippen MR) is 77.1 cm³/mol. The molecule has 0 saturated carbocycles.